The molecule has 0 radical (unpaired) electrons. The Morgan fingerprint density at radius 1 is 1.43 bits per heavy atom. The molecule has 0 aliphatic rings. The summed E-state index contributed by atoms with van der Waals surface area (Å²) in [6.07, 6.45) is -4.19. The number of amides is 1. The van der Waals surface area contributed by atoms with Gasteiger partial charge in [0.1, 0.15) is 0 Å². The number of hydrogen-bond acceptors (Lipinski definition) is 5. The van der Waals surface area contributed by atoms with Gasteiger partial charge in [-0.25, -0.2) is 4.98 Å². The topological polar surface area (TPSA) is 102 Å². The predicted octanol–water partition coefficient (Wildman–Crippen LogP) is 2.78. The number of carbonyl (C=O) groups is 1. The van der Waals surface area contributed by atoms with E-state index >= 15 is 0 Å². The lowest BCUT2D eigenvalue weighted by Gasteiger charge is -2.31. The minimum Gasteiger partial charge on any atom is -0.374 e. The zero-order valence-electron chi connectivity index (χ0n) is 14.8. The van der Waals surface area contributed by atoms with Crippen molar-refractivity contribution in [2.75, 3.05) is 7.05 Å². The van der Waals surface area contributed by atoms with Crippen LogP contribution < -0.4 is 0 Å². The highest BCUT2D eigenvalue weighted by Gasteiger charge is 2.58. The fourth-order valence-corrected chi connectivity index (χ4v) is 2.74. The van der Waals surface area contributed by atoms with Gasteiger partial charge >= 0.3 is 6.18 Å². The molecule has 1 atom stereocenters. The van der Waals surface area contributed by atoms with E-state index in [4.69, 9.17) is 11.6 Å². The summed E-state index contributed by atoms with van der Waals surface area (Å²) in [5, 5.41) is 21.2. The van der Waals surface area contributed by atoms with Crippen molar-refractivity contribution in [1.82, 2.24) is 14.5 Å². The summed E-state index contributed by atoms with van der Waals surface area (Å²) >= 11 is 5.95. The van der Waals surface area contributed by atoms with E-state index in [0.29, 0.717) is 0 Å². The third kappa shape index (κ3) is 4.25. The molecule has 0 aliphatic carbocycles. The van der Waals surface area contributed by atoms with Crippen LogP contribution in [0.4, 0.5) is 18.9 Å². The average molecular weight is 421 g/mol. The Hall–Kier alpha value is -2.66. The number of non-ortho nitro benzene ring substituents is 1. The maximum absolute atomic E-state index is 13.5. The van der Waals surface area contributed by atoms with Crippen LogP contribution in [0.2, 0.25) is 5.02 Å². The first-order valence-electron chi connectivity index (χ1n) is 7.80. The molecule has 1 unspecified atom stereocenters. The minimum atomic E-state index is -5.16. The van der Waals surface area contributed by atoms with Gasteiger partial charge in [0.25, 0.3) is 5.69 Å². The molecule has 0 saturated heterocycles. The number of nitro benzene ring substituents is 1. The fraction of sp³-hybridized carbons (Fsp3) is 0.375. The Morgan fingerprint density at radius 2 is 2.07 bits per heavy atom. The highest BCUT2D eigenvalue weighted by atomic mass is 35.5. The summed E-state index contributed by atoms with van der Waals surface area (Å²) in [6, 6.07) is 3.55. The Morgan fingerprint density at radius 3 is 2.57 bits per heavy atom. The van der Waals surface area contributed by atoms with Gasteiger partial charge in [-0.1, -0.05) is 11.6 Å². The van der Waals surface area contributed by atoms with Crippen molar-refractivity contribution in [2.45, 2.75) is 24.7 Å². The van der Waals surface area contributed by atoms with Crippen molar-refractivity contribution in [3.05, 3.63) is 57.1 Å². The molecule has 28 heavy (non-hydrogen) atoms. The van der Waals surface area contributed by atoms with E-state index < -0.39 is 34.9 Å². The Bertz CT molecular complexity index is 902. The second-order valence-electron chi connectivity index (χ2n) is 6.18. The molecule has 1 aromatic carbocycles. The summed E-state index contributed by atoms with van der Waals surface area (Å²) in [5.74, 6) is -1.78. The molecule has 12 heteroatoms. The lowest BCUT2D eigenvalue weighted by Crippen LogP contribution is -2.48. The van der Waals surface area contributed by atoms with Crippen molar-refractivity contribution in [1.29, 1.82) is 0 Å². The van der Waals surface area contributed by atoms with Crippen LogP contribution in [0.3, 0.4) is 0 Å². The standard InChI is InChI=1S/C16H16ClF3N4O4/c1-22-6-5-21-14(22)15(26,16(18,19)20)8-13(25)23(2)9-10-7-11(24(27)28)3-4-12(10)17/h3-7,26H,8-9H2,1-2H3. The van der Waals surface area contributed by atoms with Gasteiger partial charge in [-0.05, 0) is 11.6 Å². The molecule has 0 bridgehead atoms. The van der Waals surface area contributed by atoms with Gasteiger partial charge in [-0.3, -0.25) is 14.9 Å². The molecular weight excluding hydrogens is 405 g/mol. The normalized spacial score (nSPS) is 13.8. The first-order chi connectivity index (χ1) is 12.9. The number of imidazole rings is 1. The molecule has 1 aromatic heterocycles. The van der Waals surface area contributed by atoms with Crippen LogP contribution in [0.15, 0.2) is 30.6 Å². The summed E-state index contributed by atoms with van der Waals surface area (Å²) in [7, 11) is 2.46. The number of aliphatic hydroxyl groups is 1. The van der Waals surface area contributed by atoms with E-state index in [1.165, 1.54) is 26.4 Å². The van der Waals surface area contributed by atoms with Crippen molar-refractivity contribution in [3.8, 4) is 0 Å². The largest absolute Gasteiger partial charge is 0.425 e. The van der Waals surface area contributed by atoms with Gasteiger partial charge in [0, 0.05) is 50.2 Å². The van der Waals surface area contributed by atoms with E-state index in [9.17, 15) is 33.2 Å². The maximum atomic E-state index is 13.5. The molecule has 1 heterocycles. The monoisotopic (exact) mass is 420 g/mol. The van der Waals surface area contributed by atoms with Crippen LogP contribution in [-0.4, -0.2) is 43.6 Å². The summed E-state index contributed by atoms with van der Waals surface area (Å²) in [4.78, 5) is 27.0. The van der Waals surface area contributed by atoms with Gasteiger partial charge in [-0.15, -0.1) is 0 Å². The minimum absolute atomic E-state index is 0.112. The summed E-state index contributed by atoms with van der Waals surface area (Å²) in [5.41, 5.74) is -3.59. The smallest absolute Gasteiger partial charge is 0.374 e. The second-order valence-corrected chi connectivity index (χ2v) is 6.59. The maximum Gasteiger partial charge on any atom is 0.425 e. The summed E-state index contributed by atoms with van der Waals surface area (Å²) < 4.78 is 41.6. The van der Waals surface area contributed by atoms with Crippen LogP contribution in [0, 0.1) is 10.1 Å². The molecule has 0 aliphatic heterocycles. The van der Waals surface area contributed by atoms with Crippen LogP contribution in [-0.2, 0) is 24.0 Å². The van der Waals surface area contributed by atoms with Crippen LogP contribution in [0.1, 0.15) is 17.8 Å². The summed E-state index contributed by atoms with van der Waals surface area (Å²) in [6.45, 7) is -0.284. The number of nitrogens with zero attached hydrogens (tertiary/aromatic N) is 4. The molecule has 2 aromatic rings. The fourth-order valence-electron chi connectivity index (χ4n) is 2.56. The van der Waals surface area contributed by atoms with Gasteiger partial charge in [0.2, 0.25) is 11.5 Å². The number of benzene rings is 1. The van der Waals surface area contributed by atoms with E-state index in [1.807, 2.05) is 0 Å². The molecular formula is C16H16ClF3N4O4. The van der Waals surface area contributed by atoms with Gasteiger partial charge < -0.3 is 14.6 Å². The number of nitro groups is 1. The van der Waals surface area contributed by atoms with Crippen molar-refractivity contribution in [2.24, 2.45) is 7.05 Å². The number of rotatable bonds is 6. The number of hydrogen-bond donors (Lipinski definition) is 1. The van der Waals surface area contributed by atoms with Crippen LogP contribution in [0.25, 0.3) is 0 Å². The molecule has 0 spiro atoms. The van der Waals surface area contributed by atoms with Crippen LogP contribution in [0.5, 0.6) is 0 Å². The number of alkyl halides is 3. The number of aromatic nitrogens is 2. The second kappa shape index (κ2) is 7.76. The third-order valence-electron chi connectivity index (χ3n) is 4.14. The highest BCUT2D eigenvalue weighted by molar-refractivity contribution is 6.31. The van der Waals surface area contributed by atoms with Crippen LogP contribution >= 0.6 is 11.6 Å². The Labute approximate surface area is 162 Å². The van der Waals surface area contributed by atoms with Gasteiger partial charge in [0.05, 0.1) is 11.3 Å². The van der Waals surface area contributed by atoms with Gasteiger partial charge in [0.15, 0.2) is 5.82 Å². The highest BCUT2D eigenvalue weighted by Crippen LogP contribution is 2.41. The van der Waals surface area contributed by atoms with Crippen molar-refractivity contribution >= 4 is 23.2 Å². The first-order valence-corrected chi connectivity index (χ1v) is 8.18. The molecule has 0 fully saturated rings. The van der Waals surface area contributed by atoms with Crippen molar-refractivity contribution < 1.29 is 28.0 Å². The van der Waals surface area contributed by atoms with E-state index in [1.54, 1.807) is 0 Å². The van der Waals surface area contributed by atoms with E-state index in [2.05, 4.69) is 4.98 Å². The molecule has 2 rings (SSSR count). The Kier molecular flexibility index (Phi) is 6.00. The van der Waals surface area contributed by atoms with Gasteiger partial charge in [-0.2, -0.15) is 13.2 Å². The predicted molar refractivity (Wildman–Crippen MR) is 92.4 cm³/mol. The lowest BCUT2D eigenvalue weighted by molar-refractivity contribution is -0.384. The zero-order chi connectivity index (χ0) is 21.3. The zero-order valence-corrected chi connectivity index (χ0v) is 15.5. The molecule has 1 N–H and O–H groups in total. The molecule has 152 valence electrons. The number of halogens is 4. The Balaban J connectivity index is 2.26. The van der Waals surface area contributed by atoms with Crippen molar-refractivity contribution in [3.63, 3.8) is 0 Å². The molecule has 0 saturated carbocycles. The quantitative estimate of drug-likeness (QED) is 0.572. The first kappa shape index (κ1) is 21.6. The lowest BCUT2D eigenvalue weighted by atomic mass is 9.96. The number of carbonyl (C=O) groups excluding carboxylic acids is 1. The molecule has 1 amide bonds. The van der Waals surface area contributed by atoms with E-state index in [0.717, 1.165) is 27.8 Å². The molecule has 8 nitrogen and oxygen atoms in total. The third-order valence-corrected chi connectivity index (χ3v) is 4.51. The van der Waals surface area contributed by atoms with E-state index in [-0.39, 0.29) is 22.8 Å². The SMILES string of the molecule is CN(Cc1cc([N+](=O)[O-])ccc1Cl)C(=O)CC(O)(c1nccn1C)C(F)(F)F. The average Bonchev–Trinajstić information content (AvgIpc) is 3.01. The number of aryl methyl sites for hydroxylation is 1.